The van der Waals surface area contributed by atoms with Crippen LogP contribution in [-0.4, -0.2) is 48.7 Å². The number of anilines is 1. The highest BCUT2D eigenvalue weighted by molar-refractivity contribution is 5.90. The molecule has 0 aliphatic rings. The van der Waals surface area contributed by atoms with E-state index in [1.165, 1.54) is 23.2 Å². The number of aromatic nitrogens is 3. The first-order valence-electron chi connectivity index (χ1n) is 11.5. The Kier molecular flexibility index (Phi) is 7.16. The molecule has 0 unspecified atom stereocenters. The average molecular weight is 508 g/mol. The van der Waals surface area contributed by atoms with Crippen LogP contribution in [0.2, 0.25) is 0 Å². The molecule has 0 bridgehead atoms. The molecule has 8 nitrogen and oxygen atoms in total. The van der Waals surface area contributed by atoms with Gasteiger partial charge in [-0.2, -0.15) is 13.2 Å². The number of aromatic amines is 1. The van der Waals surface area contributed by atoms with Gasteiger partial charge in [-0.25, -0.2) is 14.8 Å². The van der Waals surface area contributed by atoms with Gasteiger partial charge < -0.3 is 20.6 Å². The minimum atomic E-state index is -4.66. The molecule has 1 amide bonds. The Balaban J connectivity index is 1.85. The Labute approximate surface area is 207 Å². The molecular formula is C25H32F3N5O3. The van der Waals surface area contributed by atoms with Crippen molar-refractivity contribution >= 4 is 23.2 Å². The van der Waals surface area contributed by atoms with Crippen LogP contribution >= 0.6 is 0 Å². The molecule has 11 heteroatoms. The van der Waals surface area contributed by atoms with Gasteiger partial charge in [0.25, 0.3) is 0 Å². The summed E-state index contributed by atoms with van der Waals surface area (Å²) in [5, 5.41) is 9.73. The van der Waals surface area contributed by atoms with Crippen LogP contribution in [-0.2, 0) is 6.18 Å². The molecule has 4 N–H and O–H groups in total. The lowest BCUT2D eigenvalue weighted by atomic mass is 9.87. The van der Waals surface area contributed by atoms with E-state index >= 15 is 0 Å². The van der Waals surface area contributed by atoms with Crippen molar-refractivity contribution in [3.63, 3.8) is 0 Å². The predicted molar refractivity (Wildman–Crippen MR) is 132 cm³/mol. The van der Waals surface area contributed by atoms with Gasteiger partial charge in [-0.1, -0.05) is 13.0 Å². The molecular weight excluding hydrogens is 475 g/mol. The van der Waals surface area contributed by atoms with Crippen molar-refractivity contribution in [1.29, 1.82) is 0 Å². The smallest absolute Gasteiger partial charge is 0.419 e. The van der Waals surface area contributed by atoms with Crippen LogP contribution < -0.4 is 10.5 Å². The zero-order valence-corrected chi connectivity index (χ0v) is 21.2. The van der Waals surface area contributed by atoms with E-state index in [2.05, 4.69) is 15.0 Å². The lowest BCUT2D eigenvalue weighted by Crippen LogP contribution is -2.57. The van der Waals surface area contributed by atoms with E-state index in [4.69, 9.17) is 10.5 Å². The predicted octanol–water partition coefficient (Wildman–Crippen LogP) is 6.19. The number of nitrogen functional groups attached to an aromatic ring is 1. The summed E-state index contributed by atoms with van der Waals surface area (Å²) in [7, 11) is 0. The second kappa shape index (κ2) is 9.51. The maximum Gasteiger partial charge on any atom is 0.419 e. The van der Waals surface area contributed by atoms with E-state index < -0.39 is 28.9 Å². The maximum absolute atomic E-state index is 14.0. The number of hydrogen-bond acceptors (Lipinski definition) is 5. The zero-order valence-electron chi connectivity index (χ0n) is 21.2. The fourth-order valence-electron chi connectivity index (χ4n) is 4.90. The first-order valence-corrected chi connectivity index (χ1v) is 11.5. The summed E-state index contributed by atoms with van der Waals surface area (Å²) < 4.78 is 47.6. The standard InChI is InChI=1S/C25H32F3N5O3/c1-14(12-24(5,6)33(22(34)35)23(2,3)4)13-36-18-8-7-15(11-17(18)25(26,27)28)16-9-10-30-20-19(16)31-21(29)32-20/h7-11,14H,12-13H2,1-6H3,(H,34,35)(H3,29,30,31,32)/t14-/m0/s1. The molecule has 0 aliphatic heterocycles. The van der Waals surface area contributed by atoms with Crippen LogP contribution in [0, 0.1) is 5.92 Å². The third-order valence-electron chi connectivity index (χ3n) is 5.84. The largest absolute Gasteiger partial charge is 0.493 e. The summed E-state index contributed by atoms with van der Waals surface area (Å²) in [6, 6.07) is 5.42. The van der Waals surface area contributed by atoms with Gasteiger partial charge in [0, 0.05) is 22.8 Å². The molecule has 0 saturated heterocycles. The molecule has 196 valence electrons. The van der Waals surface area contributed by atoms with Gasteiger partial charge in [-0.05, 0) is 70.7 Å². The molecule has 1 atom stereocenters. The second-order valence-electron chi connectivity index (χ2n) is 10.6. The summed E-state index contributed by atoms with van der Waals surface area (Å²) in [5.74, 6) is -0.406. The van der Waals surface area contributed by atoms with Crippen molar-refractivity contribution in [2.45, 2.75) is 65.2 Å². The highest BCUT2D eigenvalue weighted by atomic mass is 19.4. The Hall–Kier alpha value is -3.50. The Morgan fingerprint density at radius 1 is 1.19 bits per heavy atom. The minimum absolute atomic E-state index is 0.0150. The molecule has 36 heavy (non-hydrogen) atoms. The highest BCUT2D eigenvalue weighted by Crippen LogP contribution is 2.40. The number of H-pyrrole nitrogens is 1. The number of halogens is 3. The van der Waals surface area contributed by atoms with Crippen molar-refractivity contribution in [3.8, 4) is 16.9 Å². The highest BCUT2D eigenvalue weighted by Gasteiger charge is 2.40. The fraction of sp³-hybridized carbons (Fsp3) is 0.480. The molecule has 3 rings (SSSR count). The van der Waals surface area contributed by atoms with E-state index in [-0.39, 0.29) is 24.2 Å². The first kappa shape index (κ1) is 27.1. The molecule has 0 radical (unpaired) electrons. The van der Waals surface area contributed by atoms with Crippen molar-refractivity contribution in [1.82, 2.24) is 19.9 Å². The number of pyridine rings is 1. The number of nitrogens with one attached hydrogen (secondary N) is 1. The molecule has 0 fully saturated rings. The van der Waals surface area contributed by atoms with Gasteiger partial charge in [0.15, 0.2) is 11.6 Å². The average Bonchev–Trinajstić information content (AvgIpc) is 3.09. The lowest BCUT2D eigenvalue weighted by molar-refractivity contribution is -0.139. The van der Waals surface area contributed by atoms with Crippen molar-refractivity contribution in [2.24, 2.45) is 5.92 Å². The monoisotopic (exact) mass is 507 g/mol. The summed E-state index contributed by atoms with van der Waals surface area (Å²) in [6.07, 6.45) is -3.85. The molecule has 0 spiro atoms. The van der Waals surface area contributed by atoms with Gasteiger partial charge in [0.2, 0.25) is 0 Å². The molecule has 2 aromatic heterocycles. The number of carboxylic acid groups (broad SMARTS) is 1. The maximum atomic E-state index is 14.0. The fourth-order valence-corrected chi connectivity index (χ4v) is 4.90. The zero-order chi connectivity index (χ0) is 27.1. The topological polar surface area (TPSA) is 117 Å². The number of alkyl halides is 3. The Bertz CT molecular complexity index is 1250. The number of amides is 1. The number of rotatable bonds is 7. The summed E-state index contributed by atoms with van der Waals surface area (Å²) in [5.41, 5.74) is 4.86. The van der Waals surface area contributed by atoms with Crippen LogP contribution in [0.4, 0.5) is 23.9 Å². The first-order chi connectivity index (χ1) is 16.5. The van der Waals surface area contributed by atoms with Crippen LogP contribution in [0.5, 0.6) is 5.75 Å². The summed E-state index contributed by atoms with van der Waals surface area (Å²) in [6.45, 7) is 10.8. The van der Waals surface area contributed by atoms with Crippen molar-refractivity contribution in [2.75, 3.05) is 12.3 Å². The van der Waals surface area contributed by atoms with Gasteiger partial charge in [-0.3, -0.25) is 4.90 Å². The SMILES string of the molecule is C[C@H](COc1ccc(-c2ccnc3[nH]c(N)nc23)cc1C(F)(F)F)CC(C)(C)N(C(=O)O)C(C)(C)C. The Morgan fingerprint density at radius 3 is 2.44 bits per heavy atom. The summed E-state index contributed by atoms with van der Waals surface area (Å²) >= 11 is 0. The number of nitrogens with two attached hydrogens (primary N) is 1. The number of nitrogens with zero attached hydrogens (tertiary/aromatic N) is 3. The normalized spacial score (nSPS) is 13.6. The number of carbonyl (C=O) groups is 1. The third-order valence-corrected chi connectivity index (χ3v) is 5.84. The minimum Gasteiger partial charge on any atom is -0.493 e. The van der Waals surface area contributed by atoms with Crippen molar-refractivity contribution < 1.29 is 27.8 Å². The lowest BCUT2D eigenvalue weighted by Gasteiger charge is -2.46. The van der Waals surface area contributed by atoms with Crippen LogP contribution in [0.15, 0.2) is 30.5 Å². The van der Waals surface area contributed by atoms with E-state index in [0.717, 1.165) is 6.07 Å². The quantitative estimate of drug-likeness (QED) is 0.351. The van der Waals surface area contributed by atoms with Gasteiger partial charge in [0.05, 0.1) is 12.2 Å². The molecule has 3 aromatic rings. The molecule has 0 aliphatic carbocycles. The van der Waals surface area contributed by atoms with Gasteiger partial charge >= 0.3 is 12.3 Å². The van der Waals surface area contributed by atoms with E-state index in [9.17, 15) is 23.1 Å². The van der Waals surface area contributed by atoms with Crippen LogP contribution in [0.3, 0.4) is 0 Å². The third kappa shape index (κ3) is 5.83. The number of imidazole rings is 1. The molecule has 2 heterocycles. The van der Waals surface area contributed by atoms with Crippen LogP contribution in [0.25, 0.3) is 22.3 Å². The van der Waals surface area contributed by atoms with E-state index in [0.29, 0.717) is 28.7 Å². The van der Waals surface area contributed by atoms with E-state index in [1.807, 2.05) is 6.92 Å². The Morgan fingerprint density at radius 2 is 1.86 bits per heavy atom. The molecule has 0 saturated carbocycles. The van der Waals surface area contributed by atoms with Gasteiger partial charge in [0.1, 0.15) is 11.3 Å². The van der Waals surface area contributed by atoms with Crippen LogP contribution in [0.1, 0.15) is 53.5 Å². The number of ether oxygens (including phenoxy) is 1. The number of hydrogen-bond donors (Lipinski definition) is 3. The molecule has 1 aromatic carbocycles. The van der Waals surface area contributed by atoms with Crippen molar-refractivity contribution in [3.05, 3.63) is 36.0 Å². The van der Waals surface area contributed by atoms with E-state index in [1.54, 1.807) is 40.7 Å². The number of benzene rings is 1. The summed E-state index contributed by atoms with van der Waals surface area (Å²) in [4.78, 5) is 24.3. The second-order valence-corrected chi connectivity index (χ2v) is 10.6. The van der Waals surface area contributed by atoms with Gasteiger partial charge in [-0.15, -0.1) is 0 Å². The number of fused-ring (bicyclic) bond motifs is 1.